The molecular formula is C21H30ClNO2. The molecule has 3 nitrogen and oxygen atoms in total. The fraction of sp³-hybridized carbons (Fsp3) is 0.667. The quantitative estimate of drug-likeness (QED) is 0.858. The van der Waals surface area contributed by atoms with Gasteiger partial charge in [-0.05, 0) is 49.8 Å². The zero-order valence-electron chi connectivity index (χ0n) is 15.3. The van der Waals surface area contributed by atoms with Crippen molar-refractivity contribution in [1.29, 1.82) is 0 Å². The van der Waals surface area contributed by atoms with E-state index in [4.69, 9.17) is 11.6 Å². The van der Waals surface area contributed by atoms with Crippen molar-refractivity contribution in [3.63, 3.8) is 0 Å². The van der Waals surface area contributed by atoms with Crippen LogP contribution in [-0.4, -0.2) is 35.6 Å². The number of benzene rings is 1. The van der Waals surface area contributed by atoms with Crippen LogP contribution in [0, 0.1) is 10.8 Å². The number of amides is 1. The molecule has 1 aliphatic carbocycles. The predicted molar refractivity (Wildman–Crippen MR) is 102 cm³/mol. The highest BCUT2D eigenvalue weighted by atomic mass is 35.5. The van der Waals surface area contributed by atoms with E-state index in [2.05, 4.69) is 13.0 Å². The van der Waals surface area contributed by atoms with Gasteiger partial charge in [-0.3, -0.25) is 4.79 Å². The lowest BCUT2D eigenvalue weighted by Gasteiger charge is -2.45. The molecule has 3 rings (SSSR count). The first kappa shape index (κ1) is 18.7. The number of aliphatic hydroxyl groups is 1. The van der Waals surface area contributed by atoms with Crippen molar-refractivity contribution in [1.82, 2.24) is 4.90 Å². The molecule has 1 saturated heterocycles. The van der Waals surface area contributed by atoms with Crippen LogP contribution in [0.15, 0.2) is 24.3 Å². The molecular weight excluding hydrogens is 334 g/mol. The van der Waals surface area contributed by atoms with Gasteiger partial charge in [-0.25, -0.2) is 0 Å². The van der Waals surface area contributed by atoms with Crippen molar-refractivity contribution >= 4 is 17.5 Å². The first-order chi connectivity index (χ1) is 12.0. The monoisotopic (exact) mass is 363 g/mol. The Morgan fingerprint density at radius 3 is 2.64 bits per heavy atom. The summed E-state index contributed by atoms with van der Waals surface area (Å²) >= 11 is 6.12. The molecule has 25 heavy (non-hydrogen) atoms. The predicted octanol–water partition coefficient (Wildman–Crippen LogP) is 4.45. The Hall–Kier alpha value is -1.06. The van der Waals surface area contributed by atoms with Gasteiger partial charge in [0.05, 0.1) is 6.61 Å². The summed E-state index contributed by atoms with van der Waals surface area (Å²) < 4.78 is 0. The molecule has 0 unspecified atom stereocenters. The normalized spacial score (nSPS) is 26.4. The molecule has 1 saturated carbocycles. The van der Waals surface area contributed by atoms with Crippen LogP contribution in [0.1, 0.15) is 57.4 Å². The van der Waals surface area contributed by atoms with E-state index in [1.165, 1.54) is 6.42 Å². The van der Waals surface area contributed by atoms with Gasteiger partial charge in [-0.2, -0.15) is 0 Å². The summed E-state index contributed by atoms with van der Waals surface area (Å²) in [6, 6.07) is 7.86. The molecule has 2 aliphatic rings. The Balaban J connectivity index is 1.74. The number of nitrogens with zero attached hydrogens (tertiary/aromatic N) is 1. The molecule has 0 aromatic heterocycles. The fourth-order valence-corrected chi connectivity index (χ4v) is 4.93. The smallest absolute Gasteiger partial charge is 0.228 e. The van der Waals surface area contributed by atoms with Crippen LogP contribution >= 0.6 is 11.6 Å². The number of hydrogen-bond acceptors (Lipinski definition) is 2. The number of carbonyl (C=O) groups excluding carboxylic acids is 1. The van der Waals surface area contributed by atoms with E-state index in [-0.39, 0.29) is 17.4 Å². The molecule has 1 aliphatic heterocycles. The van der Waals surface area contributed by atoms with Crippen molar-refractivity contribution in [3.05, 3.63) is 34.9 Å². The van der Waals surface area contributed by atoms with Gasteiger partial charge in [-0.15, -0.1) is 0 Å². The third-order valence-corrected chi connectivity index (χ3v) is 6.46. The number of piperidine rings is 1. The topological polar surface area (TPSA) is 40.5 Å². The van der Waals surface area contributed by atoms with Crippen LogP contribution < -0.4 is 0 Å². The number of halogens is 1. The number of aliphatic hydroxyl groups excluding tert-OH is 1. The van der Waals surface area contributed by atoms with Crippen molar-refractivity contribution in [2.24, 2.45) is 10.8 Å². The van der Waals surface area contributed by atoms with Crippen LogP contribution in [0.3, 0.4) is 0 Å². The summed E-state index contributed by atoms with van der Waals surface area (Å²) in [5.74, 6) is 0.302. The van der Waals surface area contributed by atoms with E-state index in [1.54, 1.807) is 0 Å². The number of likely N-dealkylation sites (tertiary alicyclic amines) is 1. The minimum atomic E-state index is -0.246. The Labute approximate surface area is 156 Å². The van der Waals surface area contributed by atoms with Crippen LogP contribution in [0.2, 0.25) is 5.02 Å². The molecule has 0 bridgehead atoms. The molecule has 2 fully saturated rings. The van der Waals surface area contributed by atoms with Crippen LogP contribution in [0.5, 0.6) is 0 Å². The van der Waals surface area contributed by atoms with Crippen LogP contribution in [0.4, 0.5) is 0 Å². The minimum Gasteiger partial charge on any atom is -0.396 e. The third-order valence-electron chi connectivity index (χ3n) is 6.23. The maximum atomic E-state index is 13.2. The maximum Gasteiger partial charge on any atom is 0.228 e. The lowest BCUT2D eigenvalue weighted by molar-refractivity contribution is -0.147. The second-order valence-electron chi connectivity index (χ2n) is 8.42. The summed E-state index contributed by atoms with van der Waals surface area (Å²) in [6.45, 7) is 3.73. The van der Waals surface area contributed by atoms with E-state index >= 15 is 0 Å². The Kier molecular flexibility index (Phi) is 5.75. The van der Waals surface area contributed by atoms with E-state index < -0.39 is 0 Å². The summed E-state index contributed by atoms with van der Waals surface area (Å²) in [4.78, 5) is 15.2. The van der Waals surface area contributed by atoms with Gasteiger partial charge in [0.15, 0.2) is 0 Å². The lowest BCUT2D eigenvalue weighted by atomic mass is 9.72. The Morgan fingerprint density at radius 2 is 1.96 bits per heavy atom. The number of rotatable bonds is 4. The zero-order chi connectivity index (χ0) is 17.9. The standard InChI is InChI=1S/C21H30ClNO2/c1-20(9-3-2-4-10-20)19(25)23-12-6-11-21(15-23,16-24)14-17-7-5-8-18(22)13-17/h5,7-8,13,24H,2-4,6,9-12,14-16H2,1H3/t21-/m0/s1. The highest BCUT2D eigenvalue weighted by Crippen LogP contribution is 2.40. The Morgan fingerprint density at radius 1 is 1.20 bits per heavy atom. The van der Waals surface area contributed by atoms with E-state index in [0.29, 0.717) is 12.5 Å². The molecule has 1 heterocycles. The molecule has 1 N–H and O–H groups in total. The summed E-state index contributed by atoms with van der Waals surface area (Å²) in [7, 11) is 0. The number of hydrogen-bond donors (Lipinski definition) is 1. The van der Waals surface area contributed by atoms with Crippen molar-refractivity contribution in [3.8, 4) is 0 Å². The Bertz CT molecular complexity index is 612. The summed E-state index contributed by atoms with van der Waals surface area (Å²) in [5, 5.41) is 10.9. The molecule has 1 amide bonds. The molecule has 1 aromatic rings. The third kappa shape index (κ3) is 4.20. The van der Waals surface area contributed by atoms with Gasteiger partial charge in [0, 0.05) is 28.9 Å². The van der Waals surface area contributed by atoms with Crippen molar-refractivity contribution in [2.45, 2.75) is 58.3 Å². The largest absolute Gasteiger partial charge is 0.396 e. The molecule has 4 heteroatoms. The SMILES string of the molecule is CC1(C(=O)N2CCC[C@](CO)(Cc3cccc(Cl)c3)C2)CCCCC1. The average Bonchev–Trinajstić information content (AvgIpc) is 2.62. The average molecular weight is 364 g/mol. The van der Waals surface area contributed by atoms with Crippen LogP contribution in [-0.2, 0) is 11.2 Å². The molecule has 0 spiro atoms. The molecule has 1 atom stereocenters. The van der Waals surface area contributed by atoms with E-state index in [1.807, 2.05) is 23.1 Å². The molecule has 1 aromatic carbocycles. The van der Waals surface area contributed by atoms with Gasteiger partial charge < -0.3 is 10.0 Å². The van der Waals surface area contributed by atoms with E-state index in [9.17, 15) is 9.90 Å². The van der Waals surface area contributed by atoms with Crippen molar-refractivity contribution < 1.29 is 9.90 Å². The summed E-state index contributed by atoms with van der Waals surface area (Å²) in [5.41, 5.74) is 0.691. The van der Waals surface area contributed by atoms with Gasteiger partial charge in [0.2, 0.25) is 5.91 Å². The second kappa shape index (κ2) is 7.67. The number of carbonyl (C=O) groups is 1. The van der Waals surface area contributed by atoms with Crippen LogP contribution in [0.25, 0.3) is 0 Å². The highest BCUT2D eigenvalue weighted by Gasteiger charge is 2.42. The van der Waals surface area contributed by atoms with Gasteiger partial charge >= 0.3 is 0 Å². The fourth-order valence-electron chi connectivity index (χ4n) is 4.72. The highest BCUT2D eigenvalue weighted by molar-refractivity contribution is 6.30. The molecule has 138 valence electrons. The summed E-state index contributed by atoms with van der Waals surface area (Å²) in [6.07, 6.45) is 8.25. The van der Waals surface area contributed by atoms with Gasteiger partial charge in [0.25, 0.3) is 0 Å². The van der Waals surface area contributed by atoms with Gasteiger partial charge in [-0.1, -0.05) is 49.9 Å². The minimum absolute atomic E-state index is 0.111. The maximum absolute atomic E-state index is 13.2. The van der Waals surface area contributed by atoms with E-state index in [0.717, 1.165) is 62.1 Å². The second-order valence-corrected chi connectivity index (χ2v) is 8.85. The molecule has 0 radical (unpaired) electrons. The lowest BCUT2D eigenvalue weighted by Crippen LogP contribution is -2.53. The van der Waals surface area contributed by atoms with Crippen molar-refractivity contribution in [2.75, 3.05) is 19.7 Å². The first-order valence-corrected chi connectivity index (χ1v) is 9.99. The van der Waals surface area contributed by atoms with Gasteiger partial charge in [0.1, 0.15) is 0 Å². The first-order valence-electron chi connectivity index (χ1n) is 9.61. The zero-order valence-corrected chi connectivity index (χ0v) is 16.0.